The molecule has 0 N–H and O–H groups in total. The van der Waals surface area contributed by atoms with Gasteiger partial charge >= 0.3 is 5.56 Å². The lowest BCUT2D eigenvalue weighted by atomic mass is 10.0. The first-order chi connectivity index (χ1) is 12.5. The monoisotopic (exact) mass is 370 g/mol. The fourth-order valence-electron chi connectivity index (χ4n) is 2.47. The molecular formula is C20H19ClN2O3. The zero-order valence-corrected chi connectivity index (χ0v) is 15.5. The summed E-state index contributed by atoms with van der Waals surface area (Å²) in [4.78, 5) is 12.9. The van der Waals surface area contributed by atoms with Crippen LogP contribution >= 0.6 is 11.6 Å². The van der Waals surface area contributed by atoms with Crippen LogP contribution in [0, 0.1) is 0 Å². The highest BCUT2D eigenvalue weighted by molar-refractivity contribution is 6.31. The van der Waals surface area contributed by atoms with Gasteiger partial charge in [0.1, 0.15) is 16.5 Å². The summed E-state index contributed by atoms with van der Waals surface area (Å²) in [6.07, 6.45) is 1.41. The van der Waals surface area contributed by atoms with E-state index in [1.165, 1.54) is 10.9 Å². The van der Waals surface area contributed by atoms with Crippen molar-refractivity contribution in [3.63, 3.8) is 0 Å². The molecule has 0 atom stereocenters. The van der Waals surface area contributed by atoms with E-state index in [1.54, 1.807) is 31.4 Å². The fourth-order valence-corrected chi connectivity index (χ4v) is 2.63. The number of hydrogen-bond donors (Lipinski definition) is 0. The third-order valence-corrected chi connectivity index (χ3v) is 4.22. The molecule has 0 spiro atoms. The number of ether oxygens (including phenoxy) is 2. The summed E-state index contributed by atoms with van der Waals surface area (Å²) in [6, 6.07) is 14.6. The lowest BCUT2D eigenvalue weighted by Crippen LogP contribution is -2.22. The molecule has 0 aliphatic heterocycles. The Morgan fingerprint density at radius 1 is 1.08 bits per heavy atom. The van der Waals surface area contributed by atoms with Gasteiger partial charge in [0.15, 0.2) is 0 Å². The van der Waals surface area contributed by atoms with Crippen molar-refractivity contribution in [1.29, 1.82) is 0 Å². The number of halogens is 1. The topological polar surface area (TPSA) is 53.4 Å². The standard InChI is InChI=1S/C20H19ClN2O3/c1-13(2)14-5-4-6-15(11-14)23-20(24)19(18(21)12-22-23)26-17-9-7-16(25-3)8-10-17/h4-13H,1-3H3. The van der Waals surface area contributed by atoms with E-state index in [4.69, 9.17) is 21.1 Å². The molecule has 0 aliphatic rings. The Kier molecular flexibility index (Phi) is 5.28. The van der Waals surface area contributed by atoms with Gasteiger partial charge in [0.2, 0.25) is 5.75 Å². The molecule has 134 valence electrons. The molecule has 2 aromatic carbocycles. The Hall–Kier alpha value is -2.79. The van der Waals surface area contributed by atoms with Crippen LogP contribution in [0.3, 0.4) is 0 Å². The van der Waals surface area contributed by atoms with Crippen molar-refractivity contribution >= 4 is 11.6 Å². The second-order valence-electron chi connectivity index (χ2n) is 6.07. The third kappa shape index (κ3) is 3.73. The van der Waals surface area contributed by atoms with Crippen LogP contribution in [0.1, 0.15) is 25.3 Å². The number of nitrogens with zero attached hydrogens (tertiary/aromatic N) is 2. The number of rotatable bonds is 5. The summed E-state index contributed by atoms with van der Waals surface area (Å²) in [7, 11) is 1.58. The molecule has 26 heavy (non-hydrogen) atoms. The van der Waals surface area contributed by atoms with Gasteiger partial charge in [0, 0.05) is 0 Å². The Morgan fingerprint density at radius 2 is 1.77 bits per heavy atom. The average Bonchev–Trinajstić information content (AvgIpc) is 2.65. The van der Waals surface area contributed by atoms with Gasteiger partial charge in [-0.3, -0.25) is 4.79 Å². The highest BCUT2D eigenvalue weighted by Crippen LogP contribution is 2.27. The number of methoxy groups -OCH3 is 1. The first-order valence-electron chi connectivity index (χ1n) is 8.19. The minimum Gasteiger partial charge on any atom is -0.497 e. The van der Waals surface area contributed by atoms with E-state index in [0.717, 1.165) is 5.56 Å². The Labute approximate surface area is 156 Å². The molecule has 0 saturated heterocycles. The summed E-state index contributed by atoms with van der Waals surface area (Å²) in [5, 5.41) is 4.31. The maximum atomic E-state index is 12.9. The van der Waals surface area contributed by atoms with Crippen LogP contribution in [0.5, 0.6) is 17.2 Å². The zero-order chi connectivity index (χ0) is 18.7. The van der Waals surface area contributed by atoms with E-state index in [9.17, 15) is 4.79 Å². The van der Waals surface area contributed by atoms with Crippen LogP contribution in [-0.2, 0) is 0 Å². The maximum absolute atomic E-state index is 12.9. The van der Waals surface area contributed by atoms with Gasteiger partial charge in [-0.25, -0.2) is 0 Å². The van der Waals surface area contributed by atoms with E-state index in [-0.39, 0.29) is 10.8 Å². The van der Waals surface area contributed by atoms with Crippen LogP contribution < -0.4 is 15.0 Å². The summed E-state index contributed by atoms with van der Waals surface area (Å²) < 4.78 is 12.1. The fraction of sp³-hybridized carbons (Fsp3) is 0.200. The number of hydrogen-bond acceptors (Lipinski definition) is 4. The Balaban J connectivity index is 2.01. The largest absolute Gasteiger partial charge is 0.497 e. The third-order valence-electron chi connectivity index (χ3n) is 3.95. The highest BCUT2D eigenvalue weighted by atomic mass is 35.5. The van der Waals surface area contributed by atoms with Gasteiger partial charge in [-0.05, 0) is 47.9 Å². The minimum atomic E-state index is -0.422. The van der Waals surface area contributed by atoms with Crippen molar-refractivity contribution in [2.24, 2.45) is 0 Å². The van der Waals surface area contributed by atoms with Crippen molar-refractivity contribution in [2.75, 3.05) is 7.11 Å². The molecule has 0 aliphatic carbocycles. The summed E-state index contributed by atoms with van der Waals surface area (Å²) in [6.45, 7) is 4.19. The van der Waals surface area contributed by atoms with Crippen LogP contribution in [-0.4, -0.2) is 16.9 Å². The molecule has 0 saturated carbocycles. The molecule has 1 heterocycles. The minimum absolute atomic E-state index is 0.0294. The normalized spacial score (nSPS) is 10.8. The lowest BCUT2D eigenvalue weighted by molar-refractivity contribution is 0.412. The molecule has 6 heteroatoms. The molecular weight excluding hydrogens is 352 g/mol. The molecule has 3 rings (SSSR count). The van der Waals surface area contributed by atoms with Gasteiger partial charge in [-0.1, -0.05) is 37.6 Å². The van der Waals surface area contributed by atoms with Crippen molar-refractivity contribution in [1.82, 2.24) is 9.78 Å². The molecule has 5 nitrogen and oxygen atoms in total. The second-order valence-corrected chi connectivity index (χ2v) is 6.47. The van der Waals surface area contributed by atoms with Gasteiger partial charge in [-0.2, -0.15) is 9.78 Å². The van der Waals surface area contributed by atoms with Crippen LogP contribution in [0.2, 0.25) is 5.02 Å². The predicted octanol–water partition coefficient (Wildman–Crippen LogP) is 4.81. The van der Waals surface area contributed by atoms with E-state index in [1.807, 2.05) is 24.3 Å². The zero-order valence-electron chi connectivity index (χ0n) is 14.8. The van der Waals surface area contributed by atoms with Gasteiger partial charge in [-0.15, -0.1) is 0 Å². The smallest absolute Gasteiger partial charge is 0.316 e. The molecule has 0 amide bonds. The Bertz CT molecular complexity index is 966. The van der Waals surface area contributed by atoms with Crippen LogP contribution in [0.4, 0.5) is 0 Å². The second kappa shape index (κ2) is 7.62. The lowest BCUT2D eigenvalue weighted by Gasteiger charge is -2.12. The van der Waals surface area contributed by atoms with Crippen molar-refractivity contribution in [3.8, 4) is 22.9 Å². The van der Waals surface area contributed by atoms with E-state index in [2.05, 4.69) is 18.9 Å². The Morgan fingerprint density at radius 3 is 2.42 bits per heavy atom. The molecule has 3 aromatic rings. The summed E-state index contributed by atoms with van der Waals surface area (Å²) >= 11 is 6.15. The van der Waals surface area contributed by atoms with E-state index >= 15 is 0 Å². The van der Waals surface area contributed by atoms with E-state index < -0.39 is 5.56 Å². The summed E-state index contributed by atoms with van der Waals surface area (Å²) in [5.74, 6) is 1.55. The maximum Gasteiger partial charge on any atom is 0.316 e. The van der Waals surface area contributed by atoms with Gasteiger partial charge < -0.3 is 9.47 Å². The SMILES string of the molecule is COc1ccc(Oc2c(Cl)cnn(-c3cccc(C(C)C)c3)c2=O)cc1. The molecule has 0 bridgehead atoms. The van der Waals surface area contributed by atoms with Gasteiger partial charge in [0.25, 0.3) is 0 Å². The van der Waals surface area contributed by atoms with Crippen molar-refractivity contribution < 1.29 is 9.47 Å². The molecule has 0 fully saturated rings. The first-order valence-corrected chi connectivity index (χ1v) is 8.57. The quantitative estimate of drug-likeness (QED) is 0.646. The van der Waals surface area contributed by atoms with Gasteiger partial charge in [0.05, 0.1) is 19.0 Å². The van der Waals surface area contributed by atoms with Crippen molar-refractivity contribution in [3.05, 3.63) is 75.7 Å². The summed E-state index contributed by atoms with van der Waals surface area (Å²) in [5.41, 5.74) is 1.36. The van der Waals surface area contributed by atoms with Crippen LogP contribution in [0.15, 0.2) is 59.5 Å². The highest BCUT2D eigenvalue weighted by Gasteiger charge is 2.14. The molecule has 0 unspecified atom stereocenters. The molecule has 1 aromatic heterocycles. The first kappa shape index (κ1) is 18.0. The number of aromatic nitrogens is 2. The number of benzene rings is 2. The average molecular weight is 371 g/mol. The van der Waals surface area contributed by atoms with Crippen molar-refractivity contribution in [2.45, 2.75) is 19.8 Å². The van der Waals surface area contributed by atoms with Crippen LogP contribution in [0.25, 0.3) is 5.69 Å². The van der Waals surface area contributed by atoms with E-state index in [0.29, 0.717) is 23.1 Å². The molecule has 0 radical (unpaired) electrons. The predicted molar refractivity (Wildman–Crippen MR) is 102 cm³/mol.